The summed E-state index contributed by atoms with van der Waals surface area (Å²) in [6, 6.07) is 0. The third kappa shape index (κ3) is 3.03. The van der Waals surface area contributed by atoms with Gasteiger partial charge in [0.15, 0.2) is 0 Å². The topological polar surface area (TPSA) is 34.1 Å². The Bertz CT molecular complexity index is 466. The fraction of sp³-hybridized carbons (Fsp3) is 0.824. The molecule has 3 unspecified atom stereocenters. The minimum absolute atomic E-state index is 0.0967. The van der Waals surface area contributed by atoms with Crippen LogP contribution in [-0.2, 0) is 23.1 Å². The molecule has 0 saturated heterocycles. The highest BCUT2D eigenvalue weighted by Gasteiger charge is 2.41. The normalized spacial score (nSPS) is 32.3. The Balaban J connectivity index is 1.84. The fourth-order valence-electron chi connectivity index (χ4n) is 3.83. The van der Waals surface area contributed by atoms with Gasteiger partial charge in [0.05, 0.1) is 17.8 Å². The average molecular weight is 308 g/mol. The zero-order chi connectivity index (χ0) is 14.9. The Morgan fingerprint density at radius 1 is 1.33 bits per heavy atom. The number of thiazole rings is 1. The van der Waals surface area contributed by atoms with Gasteiger partial charge in [-0.3, -0.25) is 0 Å². The predicted octanol–water partition coefficient (Wildman–Crippen LogP) is 3.52. The molecule has 1 heterocycles. The van der Waals surface area contributed by atoms with Gasteiger partial charge in [0.25, 0.3) is 0 Å². The molecule has 0 aliphatic heterocycles. The van der Waals surface area contributed by atoms with Crippen LogP contribution < -0.4 is 5.32 Å². The highest BCUT2D eigenvalue weighted by Crippen LogP contribution is 2.45. The van der Waals surface area contributed by atoms with E-state index in [1.54, 1.807) is 12.0 Å². The summed E-state index contributed by atoms with van der Waals surface area (Å²) < 4.78 is 5.24. The second-order valence-electron chi connectivity index (χ2n) is 6.94. The van der Waals surface area contributed by atoms with Crippen molar-refractivity contribution in [1.29, 1.82) is 0 Å². The molecule has 21 heavy (non-hydrogen) atoms. The van der Waals surface area contributed by atoms with E-state index in [2.05, 4.69) is 19.2 Å². The fourth-order valence-corrected chi connectivity index (χ4v) is 5.18. The van der Waals surface area contributed by atoms with Gasteiger partial charge in [0.1, 0.15) is 5.01 Å². The van der Waals surface area contributed by atoms with E-state index in [4.69, 9.17) is 9.72 Å². The van der Waals surface area contributed by atoms with E-state index in [1.807, 2.05) is 11.3 Å². The lowest BCUT2D eigenvalue weighted by molar-refractivity contribution is 0.122. The van der Waals surface area contributed by atoms with Crippen LogP contribution in [0.25, 0.3) is 0 Å². The molecule has 0 spiro atoms. The molecule has 0 aromatic carbocycles. The number of methoxy groups -OCH3 is 1. The number of ether oxygens (including phenoxy) is 1. The molecule has 2 aliphatic carbocycles. The highest BCUT2D eigenvalue weighted by molar-refractivity contribution is 7.12. The SMILES string of the molecule is COCCNC1(c2nc3c(s2)CCC3)CCC(C)C(C)C1. The molecule has 1 N–H and O–H groups in total. The molecule has 1 aromatic rings. The second-order valence-corrected chi connectivity index (χ2v) is 8.03. The van der Waals surface area contributed by atoms with Crippen molar-refractivity contribution in [3.05, 3.63) is 15.6 Å². The lowest BCUT2D eigenvalue weighted by atomic mass is 9.71. The summed E-state index contributed by atoms with van der Waals surface area (Å²) in [5.41, 5.74) is 1.48. The second kappa shape index (κ2) is 6.35. The molecule has 0 radical (unpaired) electrons. The largest absolute Gasteiger partial charge is 0.383 e. The first-order valence-corrected chi connectivity index (χ1v) is 9.19. The summed E-state index contributed by atoms with van der Waals surface area (Å²) in [5, 5.41) is 5.16. The predicted molar refractivity (Wildman–Crippen MR) is 87.9 cm³/mol. The maximum atomic E-state index is 5.24. The first-order chi connectivity index (χ1) is 10.1. The summed E-state index contributed by atoms with van der Waals surface area (Å²) in [7, 11) is 1.78. The van der Waals surface area contributed by atoms with E-state index in [0.717, 1.165) is 25.0 Å². The van der Waals surface area contributed by atoms with Crippen LogP contribution in [0.5, 0.6) is 0 Å². The van der Waals surface area contributed by atoms with E-state index >= 15 is 0 Å². The Kier molecular flexibility index (Phi) is 4.67. The van der Waals surface area contributed by atoms with Crippen LogP contribution in [0.3, 0.4) is 0 Å². The lowest BCUT2D eigenvalue weighted by Gasteiger charge is -2.42. The van der Waals surface area contributed by atoms with E-state index in [1.165, 1.54) is 49.2 Å². The smallest absolute Gasteiger partial charge is 0.113 e. The van der Waals surface area contributed by atoms with Gasteiger partial charge in [0.2, 0.25) is 0 Å². The molecular weight excluding hydrogens is 280 g/mol. The molecule has 1 saturated carbocycles. The van der Waals surface area contributed by atoms with Crippen LogP contribution in [0, 0.1) is 11.8 Å². The Hall–Kier alpha value is -0.450. The summed E-state index contributed by atoms with van der Waals surface area (Å²) in [4.78, 5) is 6.59. The minimum atomic E-state index is 0.0967. The van der Waals surface area contributed by atoms with E-state index in [9.17, 15) is 0 Å². The van der Waals surface area contributed by atoms with Crippen LogP contribution in [-0.4, -0.2) is 25.2 Å². The summed E-state index contributed by atoms with van der Waals surface area (Å²) in [5.74, 6) is 1.58. The number of aromatic nitrogens is 1. The van der Waals surface area contributed by atoms with Crippen LogP contribution in [0.1, 0.15) is 55.1 Å². The molecular formula is C17H28N2OS. The first kappa shape index (κ1) is 15.4. The zero-order valence-electron chi connectivity index (χ0n) is 13.6. The molecule has 0 bridgehead atoms. The summed E-state index contributed by atoms with van der Waals surface area (Å²) in [6.45, 7) is 6.49. The minimum Gasteiger partial charge on any atom is -0.383 e. The van der Waals surface area contributed by atoms with E-state index in [0.29, 0.717) is 0 Å². The monoisotopic (exact) mass is 308 g/mol. The molecule has 3 atom stereocenters. The molecule has 0 amide bonds. The maximum absolute atomic E-state index is 5.24. The molecule has 4 heteroatoms. The van der Waals surface area contributed by atoms with Crippen LogP contribution >= 0.6 is 11.3 Å². The van der Waals surface area contributed by atoms with Gasteiger partial charge in [0, 0.05) is 18.5 Å². The third-order valence-corrected chi connectivity index (χ3v) is 6.80. The van der Waals surface area contributed by atoms with Gasteiger partial charge in [-0.15, -0.1) is 11.3 Å². The van der Waals surface area contributed by atoms with Crippen molar-refractivity contribution in [3.8, 4) is 0 Å². The lowest BCUT2D eigenvalue weighted by Crippen LogP contribution is -2.48. The van der Waals surface area contributed by atoms with Crippen molar-refractivity contribution in [2.75, 3.05) is 20.3 Å². The highest BCUT2D eigenvalue weighted by atomic mass is 32.1. The molecule has 3 nitrogen and oxygen atoms in total. The maximum Gasteiger partial charge on any atom is 0.113 e. The van der Waals surface area contributed by atoms with Crippen LogP contribution in [0.4, 0.5) is 0 Å². The van der Waals surface area contributed by atoms with Gasteiger partial charge < -0.3 is 10.1 Å². The molecule has 1 fully saturated rings. The molecule has 1 aromatic heterocycles. The van der Waals surface area contributed by atoms with Crippen molar-refractivity contribution in [2.45, 2.75) is 57.9 Å². The van der Waals surface area contributed by atoms with Crippen molar-refractivity contribution < 1.29 is 4.74 Å². The molecule has 3 rings (SSSR count). The van der Waals surface area contributed by atoms with E-state index in [-0.39, 0.29) is 5.54 Å². The average Bonchev–Trinajstić information content (AvgIpc) is 3.04. The van der Waals surface area contributed by atoms with Gasteiger partial charge in [-0.25, -0.2) is 4.98 Å². The van der Waals surface area contributed by atoms with Gasteiger partial charge in [-0.2, -0.15) is 0 Å². The Labute approximate surface area is 132 Å². The Morgan fingerprint density at radius 2 is 2.19 bits per heavy atom. The quantitative estimate of drug-likeness (QED) is 0.845. The molecule has 118 valence electrons. The number of hydrogen-bond donors (Lipinski definition) is 1. The van der Waals surface area contributed by atoms with Gasteiger partial charge in [-0.05, 0) is 50.4 Å². The number of rotatable bonds is 5. The van der Waals surface area contributed by atoms with Gasteiger partial charge >= 0.3 is 0 Å². The number of hydrogen-bond acceptors (Lipinski definition) is 4. The van der Waals surface area contributed by atoms with Crippen LogP contribution in [0.2, 0.25) is 0 Å². The zero-order valence-corrected chi connectivity index (χ0v) is 14.4. The van der Waals surface area contributed by atoms with Gasteiger partial charge in [-0.1, -0.05) is 13.8 Å². The summed E-state index contributed by atoms with van der Waals surface area (Å²) in [6.07, 6.45) is 7.45. The summed E-state index contributed by atoms with van der Waals surface area (Å²) >= 11 is 1.97. The number of fused-ring (bicyclic) bond motifs is 1. The molecule has 2 aliphatic rings. The number of nitrogens with zero attached hydrogens (tertiary/aromatic N) is 1. The van der Waals surface area contributed by atoms with Crippen LogP contribution in [0.15, 0.2) is 0 Å². The third-order valence-electron chi connectivity index (χ3n) is 5.44. The Morgan fingerprint density at radius 3 is 2.90 bits per heavy atom. The number of aryl methyl sites for hydroxylation is 2. The first-order valence-electron chi connectivity index (χ1n) is 8.37. The van der Waals surface area contributed by atoms with Crippen molar-refractivity contribution in [3.63, 3.8) is 0 Å². The van der Waals surface area contributed by atoms with E-state index < -0.39 is 0 Å². The van der Waals surface area contributed by atoms with Crippen molar-refractivity contribution in [2.24, 2.45) is 11.8 Å². The van der Waals surface area contributed by atoms with Crippen molar-refractivity contribution in [1.82, 2.24) is 10.3 Å². The number of nitrogens with one attached hydrogen (secondary N) is 1. The van der Waals surface area contributed by atoms with Crippen molar-refractivity contribution >= 4 is 11.3 Å². The standard InChI is InChI=1S/C17H28N2OS/c1-12-7-8-17(11-13(12)2,18-9-10-20-3)16-19-14-5-4-6-15(14)21-16/h12-13,18H,4-11H2,1-3H3.